The van der Waals surface area contributed by atoms with E-state index in [1.54, 1.807) is 26.8 Å². The molecule has 0 bridgehead atoms. The lowest BCUT2D eigenvalue weighted by atomic mass is 9.78. The highest BCUT2D eigenvalue weighted by atomic mass is 16.6. The van der Waals surface area contributed by atoms with Crippen LogP contribution >= 0.6 is 0 Å². The van der Waals surface area contributed by atoms with Gasteiger partial charge in [0.2, 0.25) is 0 Å². The summed E-state index contributed by atoms with van der Waals surface area (Å²) in [6, 6.07) is 7.43. The topological polar surface area (TPSA) is 142 Å². The van der Waals surface area contributed by atoms with Crippen molar-refractivity contribution in [3.05, 3.63) is 35.9 Å². The maximum absolute atomic E-state index is 12.5. The molecule has 2 unspecified atom stereocenters. The number of carboxylic acid groups (broad SMARTS) is 1. The lowest BCUT2D eigenvalue weighted by molar-refractivity contribution is -0.188. The first kappa shape index (κ1) is 23.1. The molecule has 2 atom stereocenters. The molecule has 28 heavy (non-hydrogen) atoms. The maximum atomic E-state index is 12.5. The summed E-state index contributed by atoms with van der Waals surface area (Å²) in [5, 5.41) is 9.79. The highest BCUT2D eigenvalue weighted by Gasteiger charge is 2.64. The van der Waals surface area contributed by atoms with Crippen molar-refractivity contribution in [3.8, 4) is 0 Å². The van der Waals surface area contributed by atoms with Crippen molar-refractivity contribution in [2.45, 2.75) is 50.9 Å². The fourth-order valence-electron chi connectivity index (χ4n) is 2.48. The second-order valence-electron chi connectivity index (χ2n) is 7.41. The molecule has 0 saturated carbocycles. The number of hydrogen-bond acceptors (Lipinski definition) is 8. The lowest BCUT2D eigenvalue weighted by Crippen LogP contribution is -2.70. The smallest absolute Gasteiger partial charge is 0.364 e. The van der Waals surface area contributed by atoms with E-state index in [-0.39, 0.29) is 5.56 Å². The number of hydrogen-bond donors (Lipinski definition) is 2. The van der Waals surface area contributed by atoms with Crippen LogP contribution in [-0.4, -0.2) is 52.8 Å². The van der Waals surface area contributed by atoms with Gasteiger partial charge in [-0.3, -0.25) is 4.79 Å². The quantitative estimate of drug-likeness (QED) is 0.396. The number of methoxy groups -OCH3 is 1. The lowest BCUT2D eigenvalue weighted by Gasteiger charge is -2.39. The molecule has 0 aliphatic rings. The molecule has 9 nitrogen and oxygen atoms in total. The summed E-state index contributed by atoms with van der Waals surface area (Å²) in [7, 11) is 0.917. The fraction of sp³-hybridized carbons (Fsp3) is 0.474. The van der Waals surface area contributed by atoms with Crippen molar-refractivity contribution < 1.29 is 38.5 Å². The van der Waals surface area contributed by atoms with Crippen molar-refractivity contribution in [3.63, 3.8) is 0 Å². The maximum Gasteiger partial charge on any atom is 0.364 e. The number of rotatable bonds is 7. The monoisotopic (exact) mass is 395 g/mol. The summed E-state index contributed by atoms with van der Waals surface area (Å²) in [6.45, 7) is 5.93. The molecule has 1 aromatic carbocycles. The highest BCUT2D eigenvalue weighted by Crippen LogP contribution is 2.32. The van der Waals surface area contributed by atoms with Crippen LogP contribution in [0, 0.1) is 0 Å². The number of carbonyl (C=O) groups is 4. The third-order valence-electron chi connectivity index (χ3n) is 3.77. The van der Waals surface area contributed by atoms with E-state index in [1.165, 1.54) is 24.3 Å². The van der Waals surface area contributed by atoms with Gasteiger partial charge in [0, 0.05) is 0 Å². The molecular weight excluding hydrogens is 370 g/mol. The van der Waals surface area contributed by atoms with Gasteiger partial charge in [-0.05, 0) is 39.8 Å². The van der Waals surface area contributed by atoms with E-state index >= 15 is 0 Å². The van der Waals surface area contributed by atoms with E-state index in [0.29, 0.717) is 0 Å². The molecule has 0 aliphatic carbocycles. The van der Waals surface area contributed by atoms with Crippen LogP contribution in [0.4, 0.5) is 0 Å². The fourth-order valence-corrected chi connectivity index (χ4v) is 2.48. The standard InChI is InChI=1S/C19H25NO8/c1-17(2,3)27-13(21)11-18(4,20)19(15(23)24,16(25)26-5)28-14(22)12-9-7-6-8-10-12/h6-10H,11,20H2,1-5H3,(H,23,24). The van der Waals surface area contributed by atoms with Gasteiger partial charge in [-0.2, -0.15) is 0 Å². The number of carbonyl (C=O) groups excluding carboxylic acids is 3. The van der Waals surface area contributed by atoms with Gasteiger partial charge in [-0.1, -0.05) is 18.2 Å². The van der Waals surface area contributed by atoms with Crippen molar-refractivity contribution in [1.82, 2.24) is 0 Å². The Balaban J connectivity index is 3.37. The van der Waals surface area contributed by atoms with E-state index in [0.717, 1.165) is 14.0 Å². The van der Waals surface area contributed by atoms with Crippen molar-refractivity contribution >= 4 is 23.9 Å². The SMILES string of the molecule is COC(=O)C(OC(=O)c1ccccc1)(C(=O)O)C(C)(N)CC(=O)OC(C)(C)C. The Kier molecular flexibility index (Phi) is 6.92. The van der Waals surface area contributed by atoms with Crippen LogP contribution in [0.1, 0.15) is 44.5 Å². The predicted octanol–water partition coefficient (Wildman–Crippen LogP) is 1.29. The largest absolute Gasteiger partial charge is 0.478 e. The number of ether oxygens (including phenoxy) is 3. The Bertz CT molecular complexity index is 751. The Morgan fingerprint density at radius 3 is 1.96 bits per heavy atom. The van der Waals surface area contributed by atoms with Gasteiger partial charge >= 0.3 is 29.5 Å². The van der Waals surface area contributed by atoms with Crippen molar-refractivity contribution in [2.75, 3.05) is 7.11 Å². The van der Waals surface area contributed by atoms with Crippen LogP contribution in [0.3, 0.4) is 0 Å². The summed E-state index contributed by atoms with van der Waals surface area (Å²) < 4.78 is 14.8. The average Bonchev–Trinajstić information content (AvgIpc) is 2.56. The third kappa shape index (κ3) is 5.07. The Labute approximate surface area is 162 Å². The molecule has 0 aromatic heterocycles. The minimum atomic E-state index is -2.98. The predicted molar refractivity (Wildman–Crippen MR) is 97.3 cm³/mol. The zero-order chi connectivity index (χ0) is 21.8. The van der Waals surface area contributed by atoms with Crippen molar-refractivity contribution in [1.29, 1.82) is 0 Å². The zero-order valence-electron chi connectivity index (χ0n) is 16.5. The number of benzene rings is 1. The first-order chi connectivity index (χ1) is 12.8. The summed E-state index contributed by atoms with van der Waals surface area (Å²) in [5.41, 5.74) is 0.0182. The molecule has 0 radical (unpaired) electrons. The summed E-state index contributed by atoms with van der Waals surface area (Å²) >= 11 is 0. The minimum Gasteiger partial charge on any atom is -0.478 e. The second kappa shape index (κ2) is 8.39. The molecule has 0 amide bonds. The highest BCUT2D eigenvalue weighted by molar-refractivity contribution is 6.08. The minimum absolute atomic E-state index is 0.00917. The first-order valence-corrected chi connectivity index (χ1v) is 8.38. The van der Waals surface area contributed by atoms with Gasteiger partial charge in [0.15, 0.2) is 0 Å². The van der Waals surface area contributed by atoms with Gasteiger partial charge in [-0.15, -0.1) is 0 Å². The van der Waals surface area contributed by atoms with Crippen LogP contribution in [-0.2, 0) is 28.6 Å². The molecule has 1 aromatic rings. The van der Waals surface area contributed by atoms with E-state index < -0.39 is 47.0 Å². The van der Waals surface area contributed by atoms with E-state index in [4.69, 9.17) is 15.2 Å². The van der Waals surface area contributed by atoms with Gasteiger partial charge in [0.25, 0.3) is 0 Å². The number of aliphatic carboxylic acids is 1. The Hall–Kier alpha value is -2.94. The molecule has 0 spiro atoms. The molecular formula is C19H25NO8. The van der Waals surface area contributed by atoms with E-state index in [9.17, 15) is 24.3 Å². The number of esters is 3. The van der Waals surface area contributed by atoms with Gasteiger partial charge < -0.3 is 25.1 Å². The van der Waals surface area contributed by atoms with Crippen LogP contribution in [0.5, 0.6) is 0 Å². The Morgan fingerprint density at radius 2 is 1.54 bits per heavy atom. The van der Waals surface area contributed by atoms with Crippen LogP contribution in [0.25, 0.3) is 0 Å². The first-order valence-electron chi connectivity index (χ1n) is 8.38. The molecule has 0 aliphatic heterocycles. The Morgan fingerprint density at radius 1 is 1.00 bits per heavy atom. The van der Waals surface area contributed by atoms with Crippen LogP contribution in [0.2, 0.25) is 0 Å². The van der Waals surface area contributed by atoms with Crippen LogP contribution < -0.4 is 5.73 Å². The zero-order valence-corrected chi connectivity index (χ0v) is 16.5. The number of nitrogens with two attached hydrogens (primary N) is 1. The van der Waals surface area contributed by atoms with E-state index in [1.807, 2.05) is 0 Å². The van der Waals surface area contributed by atoms with Crippen LogP contribution in [0.15, 0.2) is 30.3 Å². The van der Waals surface area contributed by atoms with Gasteiger partial charge in [0.1, 0.15) is 5.60 Å². The molecule has 3 N–H and O–H groups in total. The van der Waals surface area contributed by atoms with Gasteiger partial charge in [0.05, 0.1) is 24.6 Å². The third-order valence-corrected chi connectivity index (χ3v) is 3.77. The number of carboxylic acids is 1. The van der Waals surface area contributed by atoms with Crippen molar-refractivity contribution in [2.24, 2.45) is 5.73 Å². The summed E-state index contributed by atoms with van der Waals surface area (Å²) in [6.07, 6.45) is -0.728. The molecule has 1 rings (SSSR count). The molecule has 0 saturated heterocycles. The second-order valence-corrected chi connectivity index (χ2v) is 7.41. The molecule has 0 fully saturated rings. The average molecular weight is 395 g/mol. The molecule has 0 heterocycles. The van der Waals surface area contributed by atoms with Gasteiger partial charge in [-0.25, -0.2) is 14.4 Å². The van der Waals surface area contributed by atoms with E-state index in [2.05, 4.69) is 4.74 Å². The molecule has 9 heteroatoms. The normalized spacial score (nSPS) is 15.5. The summed E-state index contributed by atoms with van der Waals surface area (Å²) in [5.74, 6) is -5.30. The summed E-state index contributed by atoms with van der Waals surface area (Å²) in [4.78, 5) is 49.2. The molecule has 154 valence electrons.